The second-order valence-corrected chi connectivity index (χ2v) is 5.78. The lowest BCUT2D eigenvalue weighted by Gasteiger charge is -2.24. The van der Waals surface area contributed by atoms with Crippen molar-refractivity contribution < 1.29 is 9.59 Å². The smallest absolute Gasteiger partial charge is 0.252 e. The van der Waals surface area contributed by atoms with E-state index in [9.17, 15) is 9.59 Å². The Labute approximate surface area is 125 Å². The summed E-state index contributed by atoms with van der Waals surface area (Å²) in [6.07, 6.45) is 5.37. The van der Waals surface area contributed by atoms with Crippen LogP contribution in [0.2, 0.25) is 0 Å². The molecule has 1 aliphatic heterocycles. The van der Waals surface area contributed by atoms with Gasteiger partial charge in [0.1, 0.15) is 6.04 Å². The number of hydrogen-bond donors (Lipinski definition) is 1. The lowest BCUT2D eigenvalue weighted by molar-refractivity contribution is -0.141. The highest BCUT2D eigenvalue weighted by Gasteiger charge is 2.41. The minimum Gasteiger partial charge on any atom is -0.371 e. The van der Waals surface area contributed by atoms with Crippen LogP contribution in [-0.4, -0.2) is 38.6 Å². The molecule has 1 aliphatic rings. The third kappa shape index (κ3) is 3.09. The summed E-state index contributed by atoms with van der Waals surface area (Å²) in [7, 11) is 0. The van der Waals surface area contributed by atoms with Crippen LogP contribution in [0.15, 0.2) is 12.4 Å². The van der Waals surface area contributed by atoms with Crippen LogP contribution < -0.4 is 5.32 Å². The summed E-state index contributed by atoms with van der Waals surface area (Å²) in [6, 6.07) is -0.194. The van der Waals surface area contributed by atoms with Gasteiger partial charge in [-0.2, -0.15) is 5.10 Å². The van der Waals surface area contributed by atoms with Crippen molar-refractivity contribution in [3.63, 3.8) is 0 Å². The van der Waals surface area contributed by atoms with Gasteiger partial charge in [-0.25, -0.2) is 0 Å². The number of likely N-dealkylation sites (tertiary alicyclic amines) is 1. The maximum absolute atomic E-state index is 12.4. The highest BCUT2D eigenvalue weighted by atomic mass is 16.2. The fourth-order valence-electron chi connectivity index (χ4n) is 2.70. The molecule has 1 fully saturated rings. The van der Waals surface area contributed by atoms with Gasteiger partial charge in [0, 0.05) is 18.3 Å². The highest BCUT2D eigenvalue weighted by Crippen LogP contribution is 2.23. The summed E-state index contributed by atoms with van der Waals surface area (Å²) >= 11 is 0. The molecule has 2 rings (SSSR count). The highest BCUT2D eigenvalue weighted by molar-refractivity contribution is 6.07. The number of carbonyl (C=O) groups is 2. The van der Waals surface area contributed by atoms with Crippen LogP contribution in [0.3, 0.4) is 0 Å². The monoisotopic (exact) mass is 292 g/mol. The summed E-state index contributed by atoms with van der Waals surface area (Å²) in [4.78, 5) is 26.0. The Hall–Kier alpha value is -1.85. The number of aromatic nitrogens is 2. The molecule has 1 saturated heterocycles. The molecule has 1 aromatic heterocycles. The standard InChI is InChI=1S/C15H24N4O2/c1-5-12(6-2)19-14(20)7-13(15(19)21)17-11-8-16-18(9-11)10(3)4/h8-10,12-13,17H,5-7H2,1-4H3. The van der Waals surface area contributed by atoms with Gasteiger partial charge in [-0.3, -0.25) is 19.2 Å². The van der Waals surface area contributed by atoms with E-state index in [1.165, 1.54) is 4.90 Å². The normalized spacial score (nSPS) is 19.1. The van der Waals surface area contributed by atoms with Crippen molar-refractivity contribution in [3.05, 3.63) is 12.4 Å². The molecular formula is C15H24N4O2. The largest absolute Gasteiger partial charge is 0.371 e. The van der Waals surface area contributed by atoms with Crippen molar-refractivity contribution in [3.8, 4) is 0 Å². The molecule has 0 aromatic carbocycles. The molecule has 0 spiro atoms. The molecule has 2 heterocycles. The quantitative estimate of drug-likeness (QED) is 0.816. The Morgan fingerprint density at radius 1 is 1.33 bits per heavy atom. The average Bonchev–Trinajstić information content (AvgIpc) is 3.01. The van der Waals surface area contributed by atoms with Crippen molar-refractivity contribution in [2.75, 3.05) is 5.32 Å². The van der Waals surface area contributed by atoms with Gasteiger partial charge in [0.15, 0.2) is 0 Å². The SMILES string of the molecule is CCC(CC)N1C(=O)CC(Nc2cnn(C(C)C)c2)C1=O. The van der Waals surface area contributed by atoms with Crippen molar-refractivity contribution in [2.45, 2.75) is 65.1 Å². The molecule has 1 N–H and O–H groups in total. The fourth-order valence-corrected chi connectivity index (χ4v) is 2.70. The van der Waals surface area contributed by atoms with Crippen LogP contribution >= 0.6 is 0 Å². The maximum atomic E-state index is 12.4. The van der Waals surface area contributed by atoms with Gasteiger partial charge in [-0.05, 0) is 26.7 Å². The van der Waals surface area contributed by atoms with E-state index in [1.54, 1.807) is 6.20 Å². The summed E-state index contributed by atoms with van der Waals surface area (Å²) in [5.41, 5.74) is 0.779. The number of imide groups is 1. The first-order valence-electron chi connectivity index (χ1n) is 7.64. The number of rotatable bonds is 6. The predicted octanol–water partition coefficient (Wildman–Crippen LogP) is 2.19. The van der Waals surface area contributed by atoms with Gasteiger partial charge in [0.05, 0.1) is 18.3 Å². The Morgan fingerprint density at radius 3 is 2.52 bits per heavy atom. The molecule has 1 aromatic rings. The van der Waals surface area contributed by atoms with E-state index < -0.39 is 6.04 Å². The first kappa shape index (κ1) is 15.5. The number of anilines is 1. The number of carbonyl (C=O) groups excluding carboxylic acids is 2. The third-order valence-electron chi connectivity index (χ3n) is 3.96. The van der Waals surface area contributed by atoms with Crippen LogP contribution in [-0.2, 0) is 9.59 Å². The van der Waals surface area contributed by atoms with E-state index in [2.05, 4.69) is 10.4 Å². The van der Waals surface area contributed by atoms with Crippen molar-refractivity contribution in [1.29, 1.82) is 0 Å². The predicted molar refractivity (Wildman–Crippen MR) is 80.9 cm³/mol. The first-order valence-corrected chi connectivity index (χ1v) is 7.64. The van der Waals surface area contributed by atoms with Crippen LogP contribution in [0.5, 0.6) is 0 Å². The lowest BCUT2D eigenvalue weighted by atomic mass is 10.1. The van der Waals surface area contributed by atoms with E-state index in [0.717, 1.165) is 18.5 Å². The summed E-state index contributed by atoms with van der Waals surface area (Å²) in [5, 5.41) is 7.37. The van der Waals surface area contributed by atoms with E-state index in [-0.39, 0.29) is 30.3 Å². The van der Waals surface area contributed by atoms with E-state index in [1.807, 2.05) is 38.6 Å². The van der Waals surface area contributed by atoms with E-state index in [4.69, 9.17) is 0 Å². The van der Waals surface area contributed by atoms with Crippen molar-refractivity contribution in [2.24, 2.45) is 0 Å². The molecule has 0 saturated carbocycles. The molecule has 0 bridgehead atoms. The Balaban J connectivity index is 2.08. The fraction of sp³-hybridized carbons (Fsp3) is 0.667. The van der Waals surface area contributed by atoms with Gasteiger partial charge < -0.3 is 5.32 Å². The van der Waals surface area contributed by atoms with Crippen LogP contribution in [0, 0.1) is 0 Å². The number of nitrogens with zero attached hydrogens (tertiary/aromatic N) is 3. The van der Waals surface area contributed by atoms with Gasteiger partial charge in [0.25, 0.3) is 5.91 Å². The van der Waals surface area contributed by atoms with Crippen LogP contribution in [0.25, 0.3) is 0 Å². The zero-order valence-corrected chi connectivity index (χ0v) is 13.2. The van der Waals surface area contributed by atoms with Gasteiger partial charge in [0.2, 0.25) is 5.91 Å². The molecule has 1 atom stereocenters. The van der Waals surface area contributed by atoms with E-state index >= 15 is 0 Å². The second-order valence-electron chi connectivity index (χ2n) is 5.78. The Kier molecular flexibility index (Phi) is 4.65. The minimum absolute atomic E-state index is 0.00943. The topological polar surface area (TPSA) is 67.2 Å². The van der Waals surface area contributed by atoms with Gasteiger partial charge in [-0.15, -0.1) is 0 Å². The van der Waals surface area contributed by atoms with Crippen LogP contribution in [0.4, 0.5) is 5.69 Å². The molecule has 116 valence electrons. The summed E-state index contributed by atoms with van der Waals surface area (Å²) in [5.74, 6) is -0.201. The molecule has 2 amide bonds. The van der Waals surface area contributed by atoms with E-state index in [0.29, 0.717) is 0 Å². The molecule has 0 radical (unpaired) electrons. The van der Waals surface area contributed by atoms with Crippen molar-refractivity contribution in [1.82, 2.24) is 14.7 Å². The molecule has 6 nitrogen and oxygen atoms in total. The average molecular weight is 292 g/mol. The van der Waals surface area contributed by atoms with Gasteiger partial charge in [-0.1, -0.05) is 13.8 Å². The maximum Gasteiger partial charge on any atom is 0.252 e. The number of amides is 2. The zero-order chi connectivity index (χ0) is 15.6. The Morgan fingerprint density at radius 2 is 2.00 bits per heavy atom. The van der Waals surface area contributed by atoms with Crippen LogP contribution in [0.1, 0.15) is 53.0 Å². The van der Waals surface area contributed by atoms with Crippen molar-refractivity contribution >= 4 is 17.5 Å². The molecule has 1 unspecified atom stereocenters. The summed E-state index contributed by atoms with van der Waals surface area (Å²) in [6.45, 7) is 8.08. The molecular weight excluding hydrogens is 268 g/mol. The number of nitrogens with one attached hydrogen (secondary N) is 1. The minimum atomic E-state index is -0.470. The summed E-state index contributed by atoms with van der Waals surface area (Å²) < 4.78 is 1.82. The number of hydrogen-bond acceptors (Lipinski definition) is 4. The first-order chi connectivity index (χ1) is 9.97. The molecule has 0 aliphatic carbocycles. The zero-order valence-electron chi connectivity index (χ0n) is 13.2. The van der Waals surface area contributed by atoms with Gasteiger partial charge >= 0.3 is 0 Å². The lowest BCUT2D eigenvalue weighted by Crippen LogP contribution is -2.41. The molecule has 21 heavy (non-hydrogen) atoms. The molecule has 6 heteroatoms. The Bertz CT molecular complexity index is 519. The second kappa shape index (κ2) is 6.28. The third-order valence-corrected chi connectivity index (χ3v) is 3.96.